The zero-order chi connectivity index (χ0) is 19.8. The predicted octanol–water partition coefficient (Wildman–Crippen LogP) is 7.59. The summed E-state index contributed by atoms with van der Waals surface area (Å²) < 4.78 is 6.05. The average Bonchev–Trinajstić information content (AvgIpc) is 2.74. The highest BCUT2D eigenvalue weighted by Gasteiger charge is 2.29. The van der Waals surface area contributed by atoms with Gasteiger partial charge in [0.25, 0.3) is 0 Å². The predicted molar refractivity (Wildman–Crippen MR) is 117 cm³/mol. The molecule has 0 N–H and O–H groups in total. The number of hydrogen-bond acceptors (Lipinski definition) is 2. The Hall–Kier alpha value is -1.31. The highest BCUT2D eigenvalue weighted by Crippen LogP contribution is 2.39. The molecule has 0 bridgehead atoms. The van der Waals surface area contributed by atoms with Crippen LogP contribution in [0.3, 0.4) is 0 Å². The highest BCUT2D eigenvalue weighted by atomic mass is 16.5. The van der Waals surface area contributed by atoms with Crippen LogP contribution in [0.15, 0.2) is 18.2 Å². The first-order valence-electron chi connectivity index (χ1n) is 12.1. The van der Waals surface area contributed by atoms with E-state index in [-0.39, 0.29) is 11.9 Å². The minimum atomic E-state index is 0.0224. The third-order valence-electron chi connectivity index (χ3n) is 7.01. The molecule has 0 amide bonds. The lowest BCUT2D eigenvalue weighted by atomic mass is 9.80. The summed E-state index contributed by atoms with van der Waals surface area (Å²) in [5.74, 6) is 2.37. The molecule has 0 spiro atoms. The van der Waals surface area contributed by atoms with Gasteiger partial charge in [-0.25, -0.2) is 0 Å². The Labute approximate surface area is 172 Å². The lowest BCUT2D eigenvalue weighted by Gasteiger charge is -2.28. The molecule has 0 aromatic heterocycles. The standard InChI is InChI=1S/C26H40O2/c1-3-5-10-20-13-16-23(17-14-20)26(27)28-25-18-15-21(9-4-2)19-24(25)22-11-7-6-8-12-22/h15,18-20,22-23H,3-14,16-17H2,1-2H3. The maximum absolute atomic E-state index is 12.9. The number of carbonyl (C=O) groups is 1. The van der Waals surface area contributed by atoms with E-state index in [0.717, 1.165) is 37.4 Å². The first-order valence-corrected chi connectivity index (χ1v) is 12.1. The molecule has 1 aromatic carbocycles. The van der Waals surface area contributed by atoms with Gasteiger partial charge in [0.05, 0.1) is 5.92 Å². The van der Waals surface area contributed by atoms with Gasteiger partial charge in [-0.2, -0.15) is 0 Å². The summed E-state index contributed by atoms with van der Waals surface area (Å²) in [6, 6.07) is 6.59. The number of esters is 1. The van der Waals surface area contributed by atoms with Gasteiger partial charge in [-0.15, -0.1) is 0 Å². The van der Waals surface area contributed by atoms with Crippen LogP contribution in [-0.4, -0.2) is 5.97 Å². The van der Waals surface area contributed by atoms with Crippen molar-refractivity contribution in [1.82, 2.24) is 0 Å². The van der Waals surface area contributed by atoms with Gasteiger partial charge in [0.2, 0.25) is 0 Å². The van der Waals surface area contributed by atoms with Crippen LogP contribution in [-0.2, 0) is 11.2 Å². The van der Waals surface area contributed by atoms with Gasteiger partial charge < -0.3 is 4.74 Å². The zero-order valence-corrected chi connectivity index (χ0v) is 18.2. The van der Waals surface area contributed by atoms with Gasteiger partial charge in [0.1, 0.15) is 5.75 Å². The number of benzene rings is 1. The maximum Gasteiger partial charge on any atom is 0.314 e. The Morgan fingerprint density at radius 2 is 1.71 bits per heavy atom. The SMILES string of the molecule is CCCCC1CCC(C(=O)Oc2ccc(CCC)cc2C2CCCCC2)CC1. The lowest BCUT2D eigenvalue weighted by molar-refractivity contribution is -0.140. The van der Waals surface area contributed by atoms with Crippen molar-refractivity contribution in [2.45, 2.75) is 110 Å². The molecular formula is C26H40O2. The van der Waals surface area contributed by atoms with Gasteiger partial charge in [0.15, 0.2) is 0 Å². The fourth-order valence-electron chi connectivity index (χ4n) is 5.24. The van der Waals surface area contributed by atoms with E-state index in [1.165, 1.54) is 75.3 Å². The van der Waals surface area contributed by atoms with Gasteiger partial charge in [-0.3, -0.25) is 4.79 Å². The zero-order valence-electron chi connectivity index (χ0n) is 18.2. The van der Waals surface area contributed by atoms with E-state index >= 15 is 0 Å². The minimum Gasteiger partial charge on any atom is -0.426 e. The molecule has 1 aromatic rings. The molecule has 2 aliphatic rings. The van der Waals surface area contributed by atoms with Gasteiger partial charge in [-0.05, 0) is 74.0 Å². The van der Waals surface area contributed by atoms with Crippen molar-refractivity contribution in [3.63, 3.8) is 0 Å². The number of rotatable bonds is 8. The Balaban J connectivity index is 1.64. The van der Waals surface area contributed by atoms with E-state index in [2.05, 4.69) is 32.0 Å². The van der Waals surface area contributed by atoms with E-state index in [1.807, 2.05) is 0 Å². The van der Waals surface area contributed by atoms with Crippen LogP contribution in [0.5, 0.6) is 5.75 Å². The summed E-state index contributed by atoms with van der Waals surface area (Å²) >= 11 is 0. The molecule has 2 heteroatoms. The monoisotopic (exact) mass is 384 g/mol. The number of carbonyl (C=O) groups excluding carboxylic acids is 1. The topological polar surface area (TPSA) is 26.3 Å². The Morgan fingerprint density at radius 1 is 0.964 bits per heavy atom. The average molecular weight is 385 g/mol. The Morgan fingerprint density at radius 3 is 2.39 bits per heavy atom. The molecule has 2 aliphatic carbocycles. The fraction of sp³-hybridized carbons (Fsp3) is 0.731. The van der Waals surface area contributed by atoms with Crippen molar-refractivity contribution >= 4 is 5.97 Å². The quantitative estimate of drug-likeness (QED) is 0.341. The first kappa shape index (κ1) is 21.4. The van der Waals surface area contributed by atoms with Crippen LogP contribution in [0, 0.1) is 11.8 Å². The van der Waals surface area contributed by atoms with Crippen molar-refractivity contribution in [2.75, 3.05) is 0 Å². The molecule has 2 nitrogen and oxygen atoms in total. The van der Waals surface area contributed by atoms with Crippen LogP contribution < -0.4 is 4.74 Å². The maximum atomic E-state index is 12.9. The number of hydrogen-bond donors (Lipinski definition) is 0. The van der Waals surface area contributed by atoms with Crippen molar-refractivity contribution in [1.29, 1.82) is 0 Å². The van der Waals surface area contributed by atoms with Gasteiger partial charge in [-0.1, -0.05) is 70.9 Å². The summed E-state index contributed by atoms with van der Waals surface area (Å²) in [5.41, 5.74) is 2.69. The molecule has 0 saturated heterocycles. The van der Waals surface area contributed by atoms with Crippen LogP contribution >= 0.6 is 0 Å². The summed E-state index contributed by atoms with van der Waals surface area (Å²) in [5, 5.41) is 0. The van der Waals surface area contributed by atoms with Crippen LogP contribution in [0.25, 0.3) is 0 Å². The molecule has 2 saturated carbocycles. The van der Waals surface area contributed by atoms with E-state index in [4.69, 9.17) is 4.74 Å². The molecule has 0 unspecified atom stereocenters. The van der Waals surface area contributed by atoms with E-state index < -0.39 is 0 Å². The molecule has 3 rings (SSSR count). The number of aryl methyl sites for hydroxylation is 1. The number of unbranched alkanes of at least 4 members (excludes halogenated alkanes) is 1. The van der Waals surface area contributed by atoms with Crippen molar-refractivity contribution in [3.05, 3.63) is 29.3 Å². The summed E-state index contributed by atoms with van der Waals surface area (Å²) in [4.78, 5) is 12.9. The first-order chi connectivity index (χ1) is 13.7. The van der Waals surface area contributed by atoms with Crippen molar-refractivity contribution in [2.24, 2.45) is 11.8 Å². The summed E-state index contributed by atoms with van der Waals surface area (Å²) in [6.07, 6.45) is 17.1. The van der Waals surface area contributed by atoms with E-state index in [1.54, 1.807) is 0 Å². The van der Waals surface area contributed by atoms with Crippen LogP contribution in [0.4, 0.5) is 0 Å². The van der Waals surface area contributed by atoms with E-state index in [9.17, 15) is 4.79 Å². The van der Waals surface area contributed by atoms with Gasteiger partial charge >= 0.3 is 5.97 Å². The molecule has 0 aliphatic heterocycles. The Kier molecular flexibility index (Phi) is 8.43. The minimum absolute atomic E-state index is 0.0224. The number of ether oxygens (including phenoxy) is 1. The second-order valence-electron chi connectivity index (χ2n) is 9.24. The highest BCUT2D eigenvalue weighted by molar-refractivity contribution is 5.75. The molecule has 156 valence electrons. The van der Waals surface area contributed by atoms with E-state index in [0.29, 0.717) is 5.92 Å². The molecule has 0 atom stereocenters. The van der Waals surface area contributed by atoms with Crippen molar-refractivity contribution < 1.29 is 9.53 Å². The molecule has 28 heavy (non-hydrogen) atoms. The fourth-order valence-corrected chi connectivity index (χ4v) is 5.24. The summed E-state index contributed by atoms with van der Waals surface area (Å²) in [7, 11) is 0. The summed E-state index contributed by atoms with van der Waals surface area (Å²) in [6.45, 7) is 4.49. The molecule has 2 fully saturated rings. The molecule has 0 radical (unpaired) electrons. The van der Waals surface area contributed by atoms with Crippen LogP contribution in [0.1, 0.15) is 114 Å². The Bertz CT molecular complexity index is 607. The third-order valence-corrected chi connectivity index (χ3v) is 7.01. The van der Waals surface area contributed by atoms with Gasteiger partial charge in [0, 0.05) is 0 Å². The van der Waals surface area contributed by atoms with Crippen LogP contribution in [0.2, 0.25) is 0 Å². The van der Waals surface area contributed by atoms with Crippen molar-refractivity contribution in [3.8, 4) is 5.75 Å². The molecular weight excluding hydrogens is 344 g/mol. The lowest BCUT2D eigenvalue weighted by Crippen LogP contribution is -2.26. The second kappa shape index (κ2) is 11.0. The second-order valence-corrected chi connectivity index (χ2v) is 9.24. The third kappa shape index (κ3) is 5.84. The normalized spacial score (nSPS) is 23.5. The smallest absolute Gasteiger partial charge is 0.314 e. The molecule has 0 heterocycles. The largest absolute Gasteiger partial charge is 0.426 e.